The monoisotopic (exact) mass is 518 g/mol. The predicted molar refractivity (Wildman–Crippen MR) is 128 cm³/mol. The van der Waals surface area contributed by atoms with Gasteiger partial charge in [0.1, 0.15) is 13.2 Å². The Labute approximate surface area is 212 Å². The van der Waals surface area contributed by atoms with Gasteiger partial charge in [-0.05, 0) is 12.8 Å². The summed E-state index contributed by atoms with van der Waals surface area (Å²) in [4.78, 5) is 58.3. The molecule has 0 rings (SSSR count). The average molecular weight is 519 g/mol. The van der Waals surface area contributed by atoms with Crippen molar-refractivity contribution in [1.82, 2.24) is 0 Å². The summed E-state index contributed by atoms with van der Waals surface area (Å²) in [6.45, 7) is 3.25. The molecule has 2 unspecified atom stereocenters. The van der Waals surface area contributed by atoms with Gasteiger partial charge in [-0.3, -0.25) is 19.2 Å². The van der Waals surface area contributed by atoms with Gasteiger partial charge in [0.25, 0.3) is 0 Å². The van der Waals surface area contributed by atoms with Crippen molar-refractivity contribution in [3.8, 4) is 0 Å². The number of hydrogen-bond acceptors (Lipinski definition) is 9. The predicted octanol–water partition coefficient (Wildman–Crippen LogP) is 3.39. The van der Waals surface area contributed by atoms with E-state index in [-0.39, 0.29) is 19.4 Å². The van der Waals surface area contributed by atoms with E-state index in [0.29, 0.717) is 12.8 Å². The number of carbonyl (C=O) groups is 5. The molecular weight excluding hydrogens is 476 g/mol. The van der Waals surface area contributed by atoms with E-state index >= 15 is 0 Å². The molecule has 36 heavy (non-hydrogen) atoms. The fourth-order valence-corrected chi connectivity index (χ4v) is 3.30. The van der Waals surface area contributed by atoms with Gasteiger partial charge in [-0.1, -0.05) is 65.2 Å². The van der Waals surface area contributed by atoms with Gasteiger partial charge in [0, 0.05) is 12.8 Å². The van der Waals surface area contributed by atoms with Crippen LogP contribution in [0.2, 0.25) is 0 Å². The van der Waals surface area contributed by atoms with E-state index in [4.69, 9.17) is 24.4 Å². The van der Waals surface area contributed by atoms with Gasteiger partial charge in [0.15, 0.2) is 11.7 Å². The van der Waals surface area contributed by atoms with E-state index in [2.05, 4.69) is 13.8 Å². The Bertz CT molecular complexity index is 691. The van der Waals surface area contributed by atoms with Gasteiger partial charge >= 0.3 is 29.8 Å². The minimum atomic E-state index is -2.85. The summed E-state index contributed by atoms with van der Waals surface area (Å²) >= 11 is 0. The smallest absolute Gasteiger partial charge is 0.336 e. The standard InChI is InChI=1S/C25H42O11/c1-3-5-7-9-11-13-21(28)34-17-19(36-22(29)14-12-10-8-6-4-2)18-35-23(30)16-25(33,24(31)32)15-20(26)27/h19,33H,3-18H2,1-2H3,(H,26,27)(H,31,32). The first-order chi connectivity index (χ1) is 17.0. The summed E-state index contributed by atoms with van der Waals surface area (Å²) in [6, 6.07) is 0. The highest BCUT2D eigenvalue weighted by Gasteiger charge is 2.41. The number of ether oxygens (including phenoxy) is 3. The van der Waals surface area contributed by atoms with Crippen molar-refractivity contribution in [3.05, 3.63) is 0 Å². The maximum absolute atomic E-state index is 12.2. The number of aliphatic carboxylic acids is 2. The van der Waals surface area contributed by atoms with Crippen molar-refractivity contribution in [2.24, 2.45) is 0 Å². The minimum absolute atomic E-state index is 0.136. The van der Waals surface area contributed by atoms with Gasteiger partial charge in [-0.25, -0.2) is 4.79 Å². The average Bonchev–Trinajstić information content (AvgIpc) is 2.79. The highest BCUT2D eigenvalue weighted by molar-refractivity contribution is 5.88. The van der Waals surface area contributed by atoms with Gasteiger partial charge in [-0.2, -0.15) is 0 Å². The molecule has 2 atom stereocenters. The second-order valence-electron chi connectivity index (χ2n) is 8.89. The molecule has 0 aliphatic carbocycles. The van der Waals surface area contributed by atoms with Crippen LogP contribution >= 0.6 is 0 Å². The number of carbonyl (C=O) groups excluding carboxylic acids is 3. The number of aliphatic hydroxyl groups is 1. The topological polar surface area (TPSA) is 174 Å². The summed E-state index contributed by atoms with van der Waals surface area (Å²) in [5, 5.41) is 27.8. The second kappa shape index (κ2) is 19.5. The van der Waals surface area contributed by atoms with Crippen LogP contribution in [0.4, 0.5) is 0 Å². The van der Waals surface area contributed by atoms with Crippen LogP contribution in [-0.4, -0.2) is 70.1 Å². The van der Waals surface area contributed by atoms with E-state index in [1.807, 2.05) is 0 Å². The molecule has 0 aliphatic heterocycles. The van der Waals surface area contributed by atoms with E-state index < -0.39 is 61.0 Å². The Morgan fingerprint density at radius 3 is 1.61 bits per heavy atom. The largest absolute Gasteiger partial charge is 0.481 e. The molecule has 208 valence electrons. The Kier molecular flexibility index (Phi) is 18.0. The molecule has 0 bridgehead atoms. The number of hydrogen-bond donors (Lipinski definition) is 3. The van der Waals surface area contributed by atoms with Crippen LogP contribution in [-0.2, 0) is 38.2 Å². The van der Waals surface area contributed by atoms with Crippen LogP contribution in [0.5, 0.6) is 0 Å². The van der Waals surface area contributed by atoms with Crippen molar-refractivity contribution < 1.29 is 53.5 Å². The third kappa shape index (κ3) is 16.9. The first kappa shape index (κ1) is 33.3. The molecule has 0 aromatic carbocycles. The Morgan fingerprint density at radius 2 is 1.14 bits per heavy atom. The van der Waals surface area contributed by atoms with Gasteiger partial charge in [-0.15, -0.1) is 0 Å². The molecule has 11 nitrogen and oxygen atoms in total. The highest BCUT2D eigenvalue weighted by atomic mass is 16.6. The third-order valence-corrected chi connectivity index (χ3v) is 5.41. The lowest BCUT2D eigenvalue weighted by Crippen LogP contribution is -2.43. The van der Waals surface area contributed by atoms with E-state index in [1.54, 1.807) is 0 Å². The molecule has 0 radical (unpaired) electrons. The highest BCUT2D eigenvalue weighted by Crippen LogP contribution is 2.17. The molecular formula is C25H42O11. The lowest BCUT2D eigenvalue weighted by atomic mass is 9.96. The maximum Gasteiger partial charge on any atom is 0.336 e. The third-order valence-electron chi connectivity index (χ3n) is 5.41. The minimum Gasteiger partial charge on any atom is -0.481 e. The molecule has 11 heteroatoms. The van der Waals surface area contributed by atoms with Gasteiger partial charge in [0.2, 0.25) is 0 Å². The van der Waals surface area contributed by atoms with E-state index in [1.165, 1.54) is 0 Å². The zero-order valence-electron chi connectivity index (χ0n) is 21.5. The van der Waals surface area contributed by atoms with Crippen molar-refractivity contribution >= 4 is 29.8 Å². The first-order valence-corrected chi connectivity index (χ1v) is 12.7. The van der Waals surface area contributed by atoms with E-state index in [0.717, 1.165) is 51.4 Å². The summed E-state index contributed by atoms with van der Waals surface area (Å²) in [5.74, 6) is -5.75. The lowest BCUT2D eigenvalue weighted by molar-refractivity contribution is -0.175. The SMILES string of the molecule is CCCCCCCC(=O)OCC(COC(=O)CC(O)(CC(=O)O)C(=O)O)OC(=O)CCCCCCC. The maximum atomic E-state index is 12.2. The lowest BCUT2D eigenvalue weighted by Gasteiger charge is -2.22. The molecule has 0 aromatic heterocycles. The number of carboxylic acid groups (broad SMARTS) is 2. The van der Waals surface area contributed by atoms with Crippen LogP contribution in [0.25, 0.3) is 0 Å². The molecule has 0 aromatic rings. The Morgan fingerprint density at radius 1 is 0.667 bits per heavy atom. The second-order valence-corrected chi connectivity index (χ2v) is 8.89. The molecule has 3 N–H and O–H groups in total. The number of esters is 3. The van der Waals surface area contributed by atoms with E-state index in [9.17, 15) is 29.1 Å². The molecule has 0 saturated carbocycles. The molecule has 0 aliphatic rings. The molecule has 0 saturated heterocycles. The van der Waals surface area contributed by atoms with Crippen molar-refractivity contribution in [2.45, 2.75) is 115 Å². The zero-order valence-corrected chi connectivity index (χ0v) is 21.5. The van der Waals surface area contributed by atoms with Crippen molar-refractivity contribution in [3.63, 3.8) is 0 Å². The first-order valence-electron chi connectivity index (χ1n) is 12.7. The normalized spacial score (nSPS) is 13.3. The van der Waals surface area contributed by atoms with Crippen LogP contribution in [0.15, 0.2) is 0 Å². The van der Waals surface area contributed by atoms with Gasteiger partial charge in [0.05, 0.1) is 12.8 Å². The summed E-state index contributed by atoms with van der Waals surface area (Å²) in [6.07, 6.45) is 6.19. The summed E-state index contributed by atoms with van der Waals surface area (Å²) in [5.41, 5.74) is -2.85. The molecule has 0 spiro atoms. The molecule has 0 amide bonds. The number of unbranched alkanes of at least 4 members (excludes halogenated alkanes) is 8. The fraction of sp³-hybridized carbons (Fsp3) is 0.800. The van der Waals surface area contributed by atoms with Crippen LogP contribution in [0, 0.1) is 0 Å². The van der Waals surface area contributed by atoms with Crippen LogP contribution < -0.4 is 0 Å². The van der Waals surface area contributed by atoms with Crippen LogP contribution in [0.3, 0.4) is 0 Å². The number of carboxylic acids is 2. The Balaban J connectivity index is 4.85. The zero-order chi connectivity index (χ0) is 27.4. The molecule has 0 fully saturated rings. The Hall–Kier alpha value is -2.69. The van der Waals surface area contributed by atoms with Gasteiger partial charge < -0.3 is 29.5 Å². The molecule has 0 heterocycles. The fourth-order valence-electron chi connectivity index (χ4n) is 3.30. The van der Waals surface area contributed by atoms with Crippen LogP contribution in [0.1, 0.15) is 104 Å². The van der Waals surface area contributed by atoms with Crippen molar-refractivity contribution in [2.75, 3.05) is 13.2 Å². The quantitative estimate of drug-likeness (QED) is 0.109. The number of rotatable bonds is 22. The van der Waals surface area contributed by atoms with Crippen molar-refractivity contribution in [1.29, 1.82) is 0 Å². The summed E-state index contributed by atoms with van der Waals surface area (Å²) < 4.78 is 15.4. The summed E-state index contributed by atoms with van der Waals surface area (Å²) in [7, 11) is 0.